The fraction of sp³-hybridized carbons (Fsp3) is 0.200. The minimum atomic E-state index is -0.806. The van der Waals surface area contributed by atoms with Gasteiger partial charge in [0.05, 0.1) is 5.56 Å². The second-order valence-electron chi connectivity index (χ2n) is 4.78. The molecule has 0 aliphatic carbocycles. The van der Waals surface area contributed by atoms with E-state index >= 15 is 0 Å². The number of hydroxylamine groups is 1. The number of hydrogen-bond donors (Lipinski definition) is 1. The lowest BCUT2D eigenvalue weighted by Gasteiger charge is -2.21. The number of carbonyl (C=O) groups is 1. The van der Waals surface area contributed by atoms with Crippen molar-refractivity contribution in [1.82, 2.24) is 4.90 Å². The van der Waals surface area contributed by atoms with Crippen LogP contribution in [0.1, 0.15) is 17.3 Å². The third-order valence-corrected chi connectivity index (χ3v) is 3.32. The number of hydrogen-bond acceptors (Lipinski definition) is 5. The molecule has 3 rings (SSSR count). The zero-order chi connectivity index (χ0) is 15.5. The normalized spacial score (nSPS) is 17.0. The van der Waals surface area contributed by atoms with E-state index in [0.29, 0.717) is 23.9 Å². The van der Waals surface area contributed by atoms with E-state index in [1.54, 1.807) is 24.1 Å². The molecule has 1 aromatic carbocycles. The third-order valence-electron chi connectivity index (χ3n) is 3.32. The molecule has 0 bridgehead atoms. The average Bonchev–Trinajstić information content (AvgIpc) is 3.02. The quantitative estimate of drug-likeness (QED) is 0.462. The molecule has 2 heterocycles. The first kappa shape index (κ1) is 16.7. The molecule has 0 saturated carbocycles. The Balaban J connectivity index is 0.00000192. The van der Waals surface area contributed by atoms with Gasteiger partial charge in [-0.2, -0.15) is 5.17 Å². The summed E-state index contributed by atoms with van der Waals surface area (Å²) in [4.78, 5) is 13.9. The van der Waals surface area contributed by atoms with E-state index < -0.39 is 11.1 Å². The molecular weight excluding hydrogens is 302 g/mol. The molecule has 8 nitrogen and oxygen atoms in total. The molecule has 0 spiro atoms. The molecule has 0 saturated heterocycles. The van der Waals surface area contributed by atoms with E-state index in [2.05, 4.69) is 5.10 Å². The first-order valence-corrected chi connectivity index (χ1v) is 6.79. The van der Waals surface area contributed by atoms with Gasteiger partial charge in [0, 0.05) is 18.8 Å². The van der Waals surface area contributed by atoms with Crippen LogP contribution in [-0.2, 0) is 0 Å². The number of ether oxygens (including phenoxy) is 2. The van der Waals surface area contributed by atoms with E-state index in [-0.39, 0.29) is 17.8 Å². The summed E-state index contributed by atoms with van der Waals surface area (Å²) in [6.07, 6.45) is 7.48. The summed E-state index contributed by atoms with van der Waals surface area (Å²) in [5, 5.41) is 15.1. The van der Waals surface area contributed by atoms with Gasteiger partial charge in [0.1, 0.15) is 0 Å². The van der Waals surface area contributed by atoms with Crippen molar-refractivity contribution in [1.29, 1.82) is 0 Å². The number of benzene rings is 1. The summed E-state index contributed by atoms with van der Waals surface area (Å²) >= 11 is 0. The van der Waals surface area contributed by atoms with E-state index in [1.165, 1.54) is 12.1 Å². The first-order valence-electron chi connectivity index (χ1n) is 6.79. The van der Waals surface area contributed by atoms with Gasteiger partial charge in [-0.15, -0.1) is 0 Å². The van der Waals surface area contributed by atoms with Gasteiger partial charge < -0.3 is 25.1 Å². The minimum absolute atomic E-state index is 0. The fourth-order valence-corrected chi connectivity index (χ4v) is 2.13. The lowest BCUT2D eigenvalue weighted by atomic mass is 10.2. The van der Waals surface area contributed by atoms with Gasteiger partial charge in [-0.25, -0.2) is 4.79 Å². The van der Waals surface area contributed by atoms with Crippen molar-refractivity contribution in [3.63, 3.8) is 0 Å². The molecule has 23 heavy (non-hydrogen) atoms. The van der Waals surface area contributed by atoms with Gasteiger partial charge in [0.25, 0.3) is 0 Å². The molecule has 122 valence electrons. The second-order valence-corrected chi connectivity index (χ2v) is 4.78. The number of amides is 1. The molecule has 8 heteroatoms. The monoisotopic (exact) mass is 319 g/mol. The Morgan fingerprint density at radius 1 is 1.30 bits per heavy atom. The number of quaternary nitrogens is 1. The van der Waals surface area contributed by atoms with Crippen LogP contribution in [0.5, 0.6) is 11.5 Å². The van der Waals surface area contributed by atoms with Crippen LogP contribution in [0.3, 0.4) is 0 Å². The zero-order valence-electron chi connectivity index (χ0n) is 12.5. The van der Waals surface area contributed by atoms with Crippen molar-refractivity contribution in [2.45, 2.75) is 6.92 Å². The van der Waals surface area contributed by atoms with E-state index in [4.69, 9.17) is 9.47 Å². The largest absolute Gasteiger partial charge is 0.598 e. The standard InChI is InChI=1S/C15H15N3O4.H2O/c1-11(17-7-3-2-4-8-17)16-18(20)15(19)12-5-6-13-14(9-12)22-10-21-13;/h2-7,9,18H,8,10H2,1H3;1H2. The summed E-state index contributed by atoms with van der Waals surface area (Å²) in [5.74, 6) is 0.825. The van der Waals surface area contributed by atoms with Gasteiger partial charge >= 0.3 is 5.91 Å². The van der Waals surface area contributed by atoms with Gasteiger partial charge in [0.2, 0.25) is 6.79 Å². The number of nitrogens with zero attached hydrogens (tertiary/aromatic N) is 2. The van der Waals surface area contributed by atoms with Crippen molar-refractivity contribution >= 4 is 11.7 Å². The molecule has 1 unspecified atom stereocenters. The van der Waals surface area contributed by atoms with Crippen LogP contribution in [0.2, 0.25) is 0 Å². The summed E-state index contributed by atoms with van der Waals surface area (Å²) in [7, 11) is 0. The van der Waals surface area contributed by atoms with Crippen LogP contribution in [0.25, 0.3) is 0 Å². The maximum absolute atomic E-state index is 12.2. The van der Waals surface area contributed by atoms with E-state index in [0.717, 1.165) is 0 Å². The van der Waals surface area contributed by atoms with Crippen LogP contribution in [0.4, 0.5) is 0 Å². The van der Waals surface area contributed by atoms with Gasteiger partial charge in [-0.1, -0.05) is 17.3 Å². The Morgan fingerprint density at radius 2 is 2.09 bits per heavy atom. The molecule has 2 aliphatic heterocycles. The Kier molecular flexibility index (Phi) is 5.12. The highest BCUT2D eigenvalue weighted by Crippen LogP contribution is 2.32. The van der Waals surface area contributed by atoms with Crippen LogP contribution in [0.15, 0.2) is 47.7 Å². The molecule has 2 aliphatic rings. The Labute approximate surface area is 132 Å². The maximum Gasteiger partial charge on any atom is 0.370 e. The molecule has 1 amide bonds. The van der Waals surface area contributed by atoms with Crippen molar-refractivity contribution in [3.8, 4) is 11.5 Å². The topological polar surface area (TPSA) is 110 Å². The number of amidine groups is 1. The predicted molar refractivity (Wildman–Crippen MR) is 82.9 cm³/mol. The molecule has 3 N–H and O–H groups in total. The fourth-order valence-electron chi connectivity index (χ4n) is 2.13. The highest BCUT2D eigenvalue weighted by molar-refractivity contribution is 5.89. The molecule has 0 aromatic heterocycles. The minimum Gasteiger partial charge on any atom is -0.598 e. The molecule has 0 fully saturated rings. The smallest absolute Gasteiger partial charge is 0.370 e. The highest BCUT2D eigenvalue weighted by Gasteiger charge is 2.21. The third kappa shape index (κ3) is 3.57. The number of rotatable bonds is 2. The predicted octanol–water partition coefficient (Wildman–Crippen LogP) is -0.168. The van der Waals surface area contributed by atoms with Gasteiger partial charge in [-0.3, -0.25) is 0 Å². The molecule has 1 aromatic rings. The lowest BCUT2D eigenvalue weighted by Crippen LogP contribution is -3.05. The number of fused-ring (bicyclic) bond motifs is 1. The average molecular weight is 319 g/mol. The summed E-state index contributed by atoms with van der Waals surface area (Å²) in [6.45, 7) is 2.43. The maximum atomic E-state index is 12.2. The Morgan fingerprint density at radius 3 is 2.83 bits per heavy atom. The van der Waals surface area contributed by atoms with Crippen LogP contribution >= 0.6 is 0 Å². The van der Waals surface area contributed by atoms with Crippen molar-refractivity contribution < 1.29 is 24.9 Å². The lowest BCUT2D eigenvalue weighted by molar-refractivity contribution is -0.764. The van der Waals surface area contributed by atoms with Gasteiger partial charge in [-0.05, 0) is 25.1 Å². The Bertz CT molecular complexity index is 684. The van der Waals surface area contributed by atoms with E-state index in [9.17, 15) is 10.0 Å². The summed E-state index contributed by atoms with van der Waals surface area (Å²) in [5.41, 5.74) is 0.236. The van der Waals surface area contributed by atoms with Crippen molar-refractivity contribution in [2.75, 3.05) is 13.3 Å². The van der Waals surface area contributed by atoms with E-state index in [1.807, 2.05) is 18.2 Å². The van der Waals surface area contributed by atoms with Crippen LogP contribution in [0, 0.1) is 5.21 Å². The molecule has 0 radical (unpaired) electrons. The molecule has 1 atom stereocenters. The first-order chi connectivity index (χ1) is 10.6. The number of nitrogens with one attached hydrogen (secondary N) is 1. The second kappa shape index (κ2) is 7.05. The van der Waals surface area contributed by atoms with Crippen LogP contribution < -0.4 is 14.6 Å². The highest BCUT2D eigenvalue weighted by atomic mass is 16.7. The molecular formula is C15H17N3O5. The summed E-state index contributed by atoms with van der Waals surface area (Å²) in [6, 6.07) is 4.64. The Hall–Kier alpha value is -2.68. The van der Waals surface area contributed by atoms with Crippen molar-refractivity contribution in [2.24, 2.45) is 5.10 Å². The number of allylic oxidation sites excluding steroid dienone is 2. The number of carbonyl (C=O) groups excluding carboxylic acids is 1. The van der Waals surface area contributed by atoms with Crippen LogP contribution in [-0.4, -0.2) is 35.5 Å². The van der Waals surface area contributed by atoms with Crippen molar-refractivity contribution in [3.05, 3.63) is 53.4 Å². The SMILES string of the molecule is CC(=N[NH+]([O-])C(=O)c1ccc2c(c1)OCO2)N1C=CC=CC1.O. The summed E-state index contributed by atoms with van der Waals surface area (Å²) < 4.78 is 10.4. The van der Waals surface area contributed by atoms with Gasteiger partial charge in [0.15, 0.2) is 17.3 Å². The zero-order valence-corrected chi connectivity index (χ0v) is 12.5.